The maximum Gasteiger partial charge on any atom is 0.332 e. The average molecular weight is 395 g/mol. The molecule has 3 rings (SSSR count). The number of carbonyl (C=O) groups is 2. The predicted octanol–water partition coefficient (Wildman–Crippen LogP) is 1.11. The van der Waals surface area contributed by atoms with E-state index in [1.54, 1.807) is 6.08 Å². The van der Waals surface area contributed by atoms with Crippen molar-refractivity contribution in [3.05, 3.63) is 12.7 Å². The van der Waals surface area contributed by atoms with Crippen LogP contribution in [-0.4, -0.2) is 46.8 Å². The number of ketones is 1. The Labute approximate surface area is 167 Å². The summed E-state index contributed by atoms with van der Waals surface area (Å²) >= 11 is 0. The molecule has 3 aliphatic carbocycles. The summed E-state index contributed by atoms with van der Waals surface area (Å²) in [4.78, 5) is 25.3. The van der Waals surface area contributed by atoms with Gasteiger partial charge in [0.1, 0.15) is 18.5 Å². The lowest BCUT2D eigenvalue weighted by atomic mass is 9.43. The van der Waals surface area contributed by atoms with Crippen LogP contribution in [0.4, 0.5) is 0 Å². The molecular weight excluding hydrogens is 358 g/mol. The zero-order chi connectivity index (χ0) is 21.1. The van der Waals surface area contributed by atoms with Gasteiger partial charge in [0.25, 0.3) is 0 Å². The van der Waals surface area contributed by atoms with Crippen molar-refractivity contribution in [2.75, 3.05) is 6.61 Å². The molecule has 3 fully saturated rings. The molecule has 3 aliphatic rings. The van der Waals surface area contributed by atoms with E-state index < -0.39 is 35.6 Å². The predicted molar refractivity (Wildman–Crippen MR) is 104 cm³/mol. The van der Waals surface area contributed by atoms with Crippen LogP contribution in [0.3, 0.4) is 0 Å². The van der Waals surface area contributed by atoms with Gasteiger partial charge in [0.05, 0.1) is 12.1 Å². The molecule has 0 heterocycles. The summed E-state index contributed by atoms with van der Waals surface area (Å²) in [6, 6.07) is 0.0882. The molecule has 9 atom stereocenters. The maximum absolute atomic E-state index is 13.2. The van der Waals surface area contributed by atoms with Crippen LogP contribution in [0.2, 0.25) is 0 Å². The molecule has 3 saturated carbocycles. The third-order valence-electron chi connectivity index (χ3n) is 8.93. The van der Waals surface area contributed by atoms with Crippen molar-refractivity contribution in [2.45, 2.75) is 71.6 Å². The number of rotatable bonds is 3. The lowest BCUT2D eigenvalue weighted by Crippen LogP contribution is -2.75. The van der Waals surface area contributed by atoms with E-state index in [0.717, 1.165) is 12.8 Å². The first kappa shape index (κ1) is 21.5. The van der Waals surface area contributed by atoms with Crippen molar-refractivity contribution in [3.8, 4) is 0 Å². The minimum atomic E-state index is -0.709. The zero-order valence-corrected chi connectivity index (χ0v) is 17.6. The minimum absolute atomic E-state index is 0.0562. The van der Waals surface area contributed by atoms with E-state index in [-0.39, 0.29) is 35.0 Å². The number of Topliss-reactive ketones (excluding diaryl/α,β-unsaturated/α-hetero) is 1. The smallest absolute Gasteiger partial charge is 0.332 e. The Bertz CT molecular complexity index is 680. The summed E-state index contributed by atoms with van der Waals surface area (Å²) in [6.07, 6.45) is 2.81. The summed E-state index contributed by atoms with van der Waals surface area (Å²) in [5.74, 6) is -0.829. The second-order valence-electron chi connectivity index (χ2n) is 10.0. The van der Waals surface area contributed by atoms with Gasteiger partial charge in [-0.3, -0.25) is 4.79 Å². The van der Waals surface area contributed by atoms with Gasteiger partial charge in [0, 0.05) is 35.5 Å². The Balaban J connectivity index is 2.25. The van der Waals surface area contributed by atoms with Crippen molar-refractivity contribution < 1.29 is 30.3 Å². The van der Waals surface area contributed by atoms with Crippen LogP contribution in [0, 0.1) is 34.0 Å². The van der Waals surface area contributed by atoms with Crippen molar-refractivity contribution in [2.24, 2.45) is 34.0 Å². The fraction of sp³-hybridized carbons (Fsp3) is 0.818. The molecule has 158 valence electrons. The molecule has 0 aromatic rings. The molecule has 0 saturated heterocycles. The molecule has 5 N–H and O–H groups in total. The van der Waals surface area contributed by atoms with Gasteiger partial charge in [-0.05, 0) is 24.2 Å². The first-order valence-corrected chi connectivity index (χ1v) is 10.5. The molecule has 6 nitrogen and oxygen atoms in total. The summed E-state index contributed by atoms with van der Waals surface area (Å²) in [6.45, 7) is 11.4. The van der Waals surface area contributed by atoms with Crippen LogP contribution in [0.1, 0.15) is 53.4 Å². The van der Waals surface area contributed by atoms with Crippen molar-refractivity contribution in [1.29, 1.82) is 0 Å². The maximum atomic E-state index is 13.2. The first-order valence-electron chi connectivity index (χ1n) is 10.5. The molecule has 0 radical (unpaired) electrons. The van der Waals surface area contributed by atoms with E-state index in [9.17, 15) is 19.8 Å². The van der Waals surface area contributed by atoms with Gasteiger partial charge in [-0.2, -0.15) is 0 Å². The first-order chi connectivity index (χ1) is 13.0. The van der Waals surface area contributed by atoms with Crippen LogP contribution in [0.5, 0.6) is 0 Å². The van der Waals surface area contributed by atoms with Gasteiger partial charge in [-0.15, -0.1) is 6.58 Å². The van der Waals surface area contributed by atoms with E-state index in [1.165, 1.54) is 0 Å². The van der Waals surface area contributed by atoms with Crippen LogP contribution in [0.15, 0.2) is 12.7 Å². The fourth-order valence-corrected chi connectivity index (χ4v) is 6.94. The van der Waals surface area contributed by atoms with Crippen LogP contribution < -0.4 is 5.73 Å². The molecule has 0 aromatic heterocycles. The Hall–Kier alpha value is -1.24. The number of quaternary nitrogens is 1. The summed E-state index contributed by atoms with van der Waals surface area (Å²) < 4.78 is 5.79. The fourth-order valence-electron chi connectivity index (χ4n) is 6.94. The molecule has 6 heteroatoms. The van der Waals surface area contributed by atoms with E-state index in [0.29, 0.717) is 12.8 Å². The topological polar surface area (TPSA) is 111 Å². The largest absolute Gasteiger partial charge is 0.460 e. The average Bonchev–Trinajstić information content (AvgIpc) is 3.01. The molecule has 28 heavy (non-hydrogen) atoms. The second kappa shape index (κ2) is 6.92. The van der Waals surface area contributed by atoms with E-state index in [2.05, 4.69) is 33.1 Å². The number of ether oxygens (including phenoxy) is 1. The van der Waals surface area contributed by atoms with Gasteiger partial charge in [-0.25, -0.2) is 4.79 Å². The number of hydrogen-bond acceptors (Lipinski definition) is 5. The van der Waals surface area contributed by atoms with Crippen LogP contribution in [-0.2, 0) is 14.3 Å². The molecule has 0 aliphatic heterocycles. The van der Waals surface area contributed by atoms with Crippen molar-refractivity contribution in [1.82, 2.24) is 0 Å². The number of aliphatic hydroxyl groups excluding tert-OH is 2. The van der Waals surface area contributed by atoms with Gasteiger partial charge in [0.2, 0.25) is 0 Å². The number of aliphatic hydroxyl groups is 2. The standard InChI is InChI=1S/C22H35NO5/c1-6-20(4)10-16(28-17(26)11-24)21(5)12(2)14(23)9-22(13(3)19(20)27)8-7-15(25)18(21)22/h6,12-14,16,18-19,24,27H,1,7-11,23H2,2-5H3/p+1/t12-,13+,14-,16-,18+,19+,20-,21+,22-/m1/s1. The van der Waals surface area contributed by atoms with Gasteiger partial charge >= 0.3 is 5.97 Å². The summed E-state index contributed by atoms with van der Waals surface area (Å²) in [5.41, 5.74) is 2.77. The molecule has 0 aromatic carbocycles. The van der Waals surface area contributed by atoms with E-state index >= 15 is 0 Å². The Kier molecular flexibility index (Phi) is 5.31. The molecule has 2 bridgehead atoms. The highest BCUT2D eigenvalue weighted by molar-refractivity contribution is 5.85. The molecule has 0 amide bonds. The number of hydrogen-bond donors (Lipinski definition) is 3. The SMILES string of the molecule is C=C[C@]1(C)C[C@@H](OC(=O)CO)[C@]2(C)[C@H](C)[C@H]([NH3+])C[C@]3(CCC(=O)[C@H]32)[C@@H](C)[C@@H]1O. The summed E-state index contributed by atoms with van der Waals surface area (Å²) in [7, 11) is 0. The quantitative estimate of drug-likeness (QED) is 0.490. The molecule has 0 unspecified atom stereocenters. The van der Waals surface area contributed by atoms with E-state index in [1.807, 2.05) is 6.92 Å². The van der Waals surface area contributed by atoms with Crippen molar-refractivity contribution >= 4 is 11.8 Å². The van der Waals surface area contributed by atoms with Crippen molar-refractivity contribution in [3.63, 3.8) is 0 Å². The third kappa shape index (κ3) is 2.71. The van der Waals surface area contributed by atoms with Gasteiger partial charge in [-0.1, -0.05) is 33.8 Å². The highest BCUT2D eigenvalue weighted by atomic mass is 16.6. The molecule has 0 spiro atoms. The lowest BCUT2D eigenvalue weighted by molar-refractivity contribution is -0.460. The third-order valence-corrected chi connectivity index (χ3v) is 8.93. The number of carbonyl (C=O) groups excluding carboxylic acids is 2. The second-order valence-corrected chi connectivity index (χ2v) is 10.0. The minimum Gasteiger partial charge on any atom is -0.460 e. The Morgan fingerprint density at radius 1 is 1.32 bits per heavy atom. The highest BCUT2D eigenvalue weighted by Crippen LogP contribution is 2.67. The summed E-state index contributed by atoms with van der Waals surface area (Å²) in [5, 5.41) is 20.7. The van der Waals surface area contributed by atoms with Crippen LogP contribution in [0.25, 0.3) is 0 Å². The van der Waals surface area contributed by atoms with Crippen LogP contribution >= 0.6 is 0 Å². The highest BCUT2D eigenvalue weighted by Gasteiger charge is 2.70. The zero-order valence-electron chi connectivity index (χ0n) is 17.6. The number of esters is 1. The van der Waals surface area contributed by atoms with Gasteiger partial charge in [0.15, 0.2) is 0 Å². The molecular formula is C22H36NO5+. The van der Waals surface area contributed by atoms with Gasteiger partial charge < -0.3 is 20.7 Å². The Morgan fingerprint density at radius 3 is 2.54 bits per heavy atom. The lowest BCUT2D eigenvalue weighted by Gasteiger charge is -2.62. The monoisotopic (exact) mass is 394 g/mol. The van der Waals surface area contributed by atoms with E-state index in [4.69, 9.17) is 4.74 Å². The Morgan fingerprint density at radius 2 is 1.96 bits per heavy atom. The normalized spacial score (nSPS) is 51.0.